The van der Waals surface area contributed by atoms with Crippen molar-refractivity contribution in [1.29, 1.82) is 0 Å². The molecule has 0 N–H and O–H groups in total. The quantitative estimate of drug-likeness (QED) is 0.386. The summed E-state index contributed by atoms with van der Waals surface area (Å²) in [7, 11) is 0. The molecule has 1 unspecified atom stereocenters. The van der Waals surface area contributed by atoms with E-state index in [2.05, 4.69) is 19.1 Å². The van der Waals surface area contributed by atoms with Crippen molar-refractivity contribution in [2.24, 2.45) is 5.92 Å². The zero-order valence-electron chi connectivity index (χ0n) is 18.4. The first-order chi connectivity index (χ1) is 16.1. The van der Waals surface area contributed by atoms with E-state index in [1.807, 2.05) is 36.4 Å². The fourth-order valence-electron chi connectivity index (χ4n) is 4.28. The summed E-state index contributed by atoms with van der Waals surface area (Å²) in [5.74, 6) is -0.421. The maximum absolute atomic E-state index is 13.9. The first-order valence-electron chi connectivity index (χ1n) is 11.2. The molecule has 168 valence electrons. The second kappa shape index (κ2) is 9.19. The van der Waals surface area contributed by atoms with Crippen molar-refractivity contribution >= 4 is 44.2 Å². The molecule has 0 bridgehead atoms. The molecule has 1 saturated heterocycles. The second-order valence-electron chi connectivity index (χ2n) is 8.26. The largest absolute Gasteiger partial charge is 0.472 e. The number of hydrogen-bond donors (Lipinski definition) is 0. The number of amides is 2. The van der Waals surface area contributed by atoms with Gasteiger partial charge in [0.25, 0.3) is 5.91 Å². The molecule has 1 fully saturated rings. The van der Waals surface area contributed by atoms with E-state index in [0.717, 1.165) is 35.2 Å². The molecular weight excluding hydrogens is 434 g/mol. The van der Waals surface area contributed by atoms with E-state index < -0.39 is 0 Å². The molecule has 1 atom stereocenters. The second-order valence-corrected chi connectivity index (χ2v) is 9.27. The average Bonchev–Trinajstić information content (AvgIpc) is 3.54. The summed E-state index contributed by atoms with van der Waals surface area (Å²) in [6.45, 7) is 3.14. The number of furan rings is 1. The molecule has 33 heavy (non-hydrogen) atoms. The Morgan fingerprint density at radius 3 is 2.70 bits per heavy atom. The number of aromatic nitrogens is 1. The summed E-state index contributed by atoms with van der Waals surface area (Å²) in [6.07, 6.45) is 5.40. The maximum Gasteiger partial charge on any atom is 0.257 e. The zero-order chi connectivity index (χ0) is 22.8. The Morgan fingerprint density at radius 2 is 1.97 bits per heavy atom. The predicted molar refractivity (Wildman–Crippen MR) is 130 cm³/mol. The van der Waals surface area contributed by atoms with Crippen LogP contribution in [0.2, 0.25) is 0 Å². The van der Waals surface area contributed by atoms with Crippen LogP contribution < -0.4 is 4.90 Å². The molecule has 2 aromatic carbocycles. The summed E-state index contributed by atoms with van der Waals surface area (Å²) in [4.78, 5) is 35.0. The highest BCUT2D eigenvalue weighted by Gasteiger charge is 2.34. The van der Waals surface area contributed by atoms with Crippen LogP contribution in [0.25, 0.3) is 10.2 Å². The van der Waals surface area contributed by atoms with Crippen LogP contribution in [0.5, 0.6) is 0 Å². The van der Waals surface area contributed by atoms with Gasteiger partial charge in [0.05, 0.1) is 33.6 Å². The molecule has 3 heterocycles. The minimum atomic E-state index is -0.299. The summed E-state index contributed by atoms with van der Waals surface area (Å²) in [5, 5.41) is 0.656. The lowest BCUT2D eigenvalue weighted by atomic mass is 9.95. The highest BCUT2D eigenvalue weighted by molar-refractivity contribution is 7.22. The lowest BCUT2D eigenvalue weighted by molar-refractivity contribution is -0.122. The lowest BCUT2D eigenvalue weighted by Crippen LogP contribution is -2.45. The van der Waals surface area contributed by atoms with Gasteiger partial charge in [-0.3, -0.25) is 14.5 Å². The number of fused-ring (bicyclic) bond motifs is 1. The van der Waals surface area contributed by atoms with Gasteiger partial charge in [-0.2, -0.15) is 0 Å². The third-order valence-corrected chi connectivity index (χ3v) is 7.14. The fraction of sp³-hybridized carbons (Fsp3) is 0.269. The third kappa shape index (κ3) is 4.28. The van der Waals surface area contributed by atoms with E-state index in [-0.39, 0.29) is 17.7 Å². The molecule has 0 aliphatic carbocycles. The summed E-state index contributed by atoms with van der Waals surface area (Å²) in [6, 6.07) is 17.7. The normalized spacial score (nSPS) is 16.2. The van der Waals surface area contributed by atoms with Crippen molar-refractivity contribution in [3.63, 3.8) is 0 Å². The van der Waals surface area contributed by atoms with Crippen LogP contribution in [0.4, 0.5) is 10.8 Å². The number of piperidine rings is 1. The predicted octanol–water partition coefficient (Wildman–Crippen LogP) is 5.67. The number of likely N-dealkylation sites (tertiary alicyclic amines) is 1. The van der Waals surface area contributed by atoms with E-state index in [4.69, 9.17) is 9.40 Å². The number of hydrogen-bond acceptors (Lipinski definition) is 5. The van der Waals surface area contributed by atoms with Gasteiger partial charge in [0.2, 0.25) is 5.91 Å². The Hall–Kier alpha value is -3.45. The minimum Gasteiger partial charge on any atom is -0.472 e. The van der Waals surface area contributed by atoms with Crippen LogP contribution in [0, 0.1) is 5.92 Å². The average molecular weight is 460 g/mol. The van der Waals surface area contributed by atoms with Gasteiger partial charge in [0.1, 0.15) is 6.26 Å². The monoisotopic (exact) mass is 459 g/mol. The van der Waals surface area contributed by atoms with Crippen molar-refractivity contribution in [1.82, 2.24) is 9.88 Å². The first kappa shape index (κ1) is 21.4. The number of aryl methyl sites for hydroxylation is 1. The van der Waals surface area contributed by atoms with Gasteiger partial charge in [-0.1, -0.05) is 42.5 Å². The van der Waals surface area contributed by atoms with Crippen LogP contribution in [0.15, 0.2) is 71.5 Å². The van der Waals surface area contributed by atoms with Gasteiger partial charge in [0.15, 0.2) is 5.13 Å². The Morgan fingerprint density at radius 1 is 1.15 bits per heavy atom. The van der Waals surface area contributed by atoms with Gasteiger partial charge in [-0.15, -0.1) is 0 Å². The molecular formula is C26H25N3O3S. The molecule has 0 radical (unpaired) electrons. The van der Waals surface area contributed by atoms with E-state index in [0.29, 0.717) is 23.8 Å². The van der Waals surface area contributed by atoms with Crippen LogP contribution >= 0.6 is 11.3 Å². The van der Waals surface area contributed by atoms with E-state index in [9.17, 15) is 9.59 Å². The Labute approximate surface area is 196 Å². The number of rotatable bonds is 5. The number of nitrogens with zero attached hydrogens (tertiary/aromatic N) is 3. The van der Waals surface area contributed by atoms with Crippen molar-refractivity contribution in [3.05, 3.63) is 78.3 Å². The van der Waals surface area contributed by atoms with E-state index in [1.165, 1.54) is 29.4 Å². The Balaban J connectivity index is 1.47. The number of carbonyl (C=O) groups excluding carboxylic acids is 2. The number of benzene rings is 2. The van der Waals surface area contributed by atoms with Crippen molar-refractivity contribution in [2.45, 2.75) is 26.2 Å². The fourth-order valence-corrected chi connectivity index (χ4v) is 5.28. The molecule has 7 heteroatoms. The molecule has 6 nitrogen and oxygen atoms in total. The third-order valence-electron chi connectivity index (χ3n) is 6.12. The molecule has 2 amide bonds. The van der Waals surface area contributed by atoms with Gasteiger partial charge in [-0.25, -0.2) is 4.98 Å². The molecule has 0 spiro atoms. The number of para-hydroxylation sites is 1. The van der Waals surface area contributed by atoms with Crippen molar-refractivity contribution in [3.8, 4) is 0 Å². The van der Waals surface area contributed by atoms with Crippen molar-refractivity contribution < 1.29 is 14.0 Å². The van der Waals surface area contributed by atoms with Crippen molar-refractivity contribution in [2.75, 3.05) is 18.0 Å². The van der Waals surface area contributed by atoms with E-state index >= 15 is 0 Å². The standard InChI is InChI=1S/C26H25N3O3S/c1-2-18-9-11-21(12-10-18)29(26-27-22-7-3-4-8-23(22)33-26)25(31)19-6-5-14-28(16-19)24(30)20-13-15-32-17-20/h3-4,7-13,15,17,19H,2,5-6,14,16H2,1H3. The molecule has 0 saturated carbocycles. The van der Waals surface area contributed by atoms with Crippen LogP contribution in [0.3, 0.4) is 0 Å². The summed E-state index contributed by atoms with van der Waals surface area (Å²) in [5.41, 5.74) is 3.40. The molecule has 1 aliphatic rings. The SMILES string of the molecule is CCc1ccc(N(C(=O)C2CCCN(C(=O)c3ccoc3)C2)c2nc3ccccc3s2)cc1. The van der Waals surface area contributed by atoms with Crippen LogP contribution in [-0.4, -0.2) is 34.8 Å². The Bertz CT molecular complexity index is 1230. The smallest absolute Gasteiger partial charge is 0.257 e. The lowest BCUT2D eigenvalue weighted by Gasteiger charge is -2.34. The van der Waals surface area contributed by atoms with Crippen LogP contribution in [0.1, 0.15) is 35.7 Å². The first-order valence-corrected chi connectivity index (χ1v) is 12.1. The van der Waals surface area contributed by atoms with Gasteiger partial charge < -0.3 is 9.32 Å². The minimum absolute atomic E-state index is 0.0250. The topological polar surface area (TPSA) is 66.7 Å². The van der Waals surface area contributed by atoms with Crippen LogP contribution in [-0.2, 0) is 11.2 Å². The number of anilines is 2. The van der Waals surface area contributed by atoms with E-state index in [1.54, 1.807) is 15.9 Å². The summed E-state index contributed by atoms with van der Waals surface area (Å²) >= 11 is 1.51. The van der Waals surface area contributed by atoms with Gasteiger partial charge >= 0.3 is 0 Å². The molecule has 1 aliphatic heterocycles. The molecule has 2 aromatic heterocycles. The number of carbonyl (C=O) groups is 2. The number of thiazole rings is 1. The molecule has 4 aromatic rings. The van der Waals surface area contributed by atoms with Gasteiger partial charge in [0, 0.05) is 13.1 Å². The maximum atomic E-state index is 13.9. The highest BCUT2D eigenvalue weighted by atomic mass is 32.1. The zero-order valence-corrected chi connectivity index (χ0v) is 19.3. The summed E-state index contributed by atoms with van der Waals surface area (Å²) < 4.78 is 6.11. The van der Waals surface area contributed by atoms with Gasteiger partial charge in [-0.05, 0) is 55.2 Å². The Kier molecular flexibility index (Phi) is 5.96. The molecule has 5 rings (SSSR count). The highest BCUT2D eigenvalue weighted by Crippen LogP contribution is 2.36.